The van der Waals surface area contributed by atoms with Crippen LogP contribution >= 0.6 is 0 Å². The molecule has 0 aliphatic heterocycles. The van der Waals surface area contributed by atoms with E-state index < -0.39 is 5.91 Å². The number of guanidine groups is 1. The van der Waals surface area contributed by atoms with Crippen molar-refractivity contribution >= 4 is 17.4 Å². The summed E-state index contributed by atoms with van der Waals surface area (Å²) in [7, 11) is 0. The van der Waals surface area contributed by atoms with Crippen LogP contribution in [0.15, 0.2) is 53.8 Å². The predicted octanol–water partition coefficient (Wildman–Crippen LogP) is 1.87. The second-order valence-corrected chi connectivity index (χ2v) is 5.11. The van der Waals surface area contributed by atoms with Crippen LogP contribution in [0, 0.1) is 0 Å². The smallest absolute Gasteiger partial charge is 0.280 e. The van der Waals surface area contributed by atoms with Crippen LogP contribution in [0.3, 0.4) is 0 Å². The third kappa shape index (κ3) is 2.74. The zero-order valence-electron chi connectivity index (χ0n) is 12.0. The van der Waals surface area contributed by atoms with E-state index in [4.69, 9.17) is 11.5 Å². The van der Waals surface area contributed by atoms with E-state index in [2.05, 4.69) is 16.1 Å². The Hall–Kier alpha value is -2.95. The molecule has 0 unspecified atom stereocenters. The van der Waals surface area contributed by atoms with Crippen molar-refractivity contribution in [2.45, 2.75) is 12.8 Å². The molecule has 5 heteroatoms. The van der Waals surface area contributed by atoms with Gasteiger partial charge in [0.05, 0.1) is 0 Å². The Labute approximate surface area is 128 Å². The van der Waals surface area contributed by atoms with Crippen LogP contribution in [0.2, 0.25) is 0 Å². The summed E-state index contributed by atoms with van der Waals surface area (Å²) in [6.07, 6.45) is 7.65. The number of hydrogen-bond donors (Lipinski definition) is 2. The number of fused-ring (bicyclic) bond motifs is 1. The fourth-order valence-electron chi connectivity index (χ4n) is 2.65. The summed E-state index contributed by atoms with van der Waals surface area (Å²) in [5, 5.41) is 0. The normalized spacial score (nSPS) is 13.0. The number of benzene rings is 1. The Bertz CT molecular complexity index is 775. The van der Waals surface area contributed by atoms with Crippen molar-refractivity contribution < 1.29 is 4.79 Å². The Balaban J connectivity index is 2.06. The number of aliphatic imine (C=N–C) groups is 1. The van der Waals surface area contributed by atoms with E-state index in [0.717, 1.165) is 29.5 Å². The van der Waals surface area contributed by atoms with Crippen LogP contribution in [0.4, 0.5) is 0 Å². The molecular weight excluding hydrogens is 276 g/mol. The number of carbonyl (C=O) groups excluding carboxylic acids is 1. The predicted molar refractivity (Wildman–Crippen MR) is 86.2 cm³/mol. The summed E-state index contributed by atoms with van der Waals surface area (Å²) >= 11 is 0. The Morgan fingerprint density at radius 2 is 1.91 bits per heavy atom. The number of carbonyl (C=O) groups is 1. The molecule has 3 rings (SSSR count). The van der Waals surface area contributed by atoms with Crippen molar-refractivity contribution in [2.75, 3.05) is 0 Å². The van der Waals surface area contributed by atoms with E-state index >= 15 is 0 Å². The van der Waals surface area contributed by atoms with Gasteiger partial charge >= 0.3 is 0 Å². The van der Waals surface area contributed by atoms with Gasteiger partial charge in [-0.15, -0.1) is 0 Å². The molecule has 2 aromatic rings. The molecule has 1 heterocycles. The second kappa shape index (κ2) is 5.81. The van der Waals surface area contributed by atoms with Crippen LogP contribution in [0.5, 0.6) is 0 Å². The average molecular weight is 292 g/mol. The van der Waals surface area contributed by atoms with Gasteiger partial charge in [0.25, 0.3) is 5.91 Å². The monoisotopic (exact) mass is 292 g/mol. The van der Waals surface area contributed by atoms with Gasteiger partial charge in [0.2, 0.25) is 0 Å². The van der Waals surface area contributed by atoms with Crippen molar-refractivity contribution in [3.63, 3.8) is 0 Å². The third-order valence-corrected chi connectivity index (χ3v) is 3.63. The Kier molecular flexibility index (Phi) is 3.70. The lowest BCUT2D eigenvalue weighted by Gasteiger charge is -2.18. The van der Waals surface area contributed by atoms with E-state index in [9.17, 15) is 4.79 Å². The van der Waals surface area contributed by atoms with Crippen LogP contribution in [0.1, 0.15) is 33.5 Å². The van der Waals surface area contributed by atoms with Gasteiger partial charge in [-0.2, -0.15) is 4.99 Å². The largest absolute Gasteiger partial charge is 0.370 e. The highest BCUT2D eigenvalue weighted by molar-refractivity contribution is 6.02. The summed E-state index contributed by atoms with van der Waals surface area (Å²) in [5.41, 5.74) is 15.5. The molecule has 0 radical (unpaired) electrons. The number of aromatic nitrogens is 1. The zero-order valence-corrected chi connectivity index (χ0v) is 12.0. The number of rotatable bonds is 2. The van der Waals surface area contributed by atoms with Crippen molar-refractivity contribution in [2.24, 2.45) is 16.5 Å². The summed E-state index contributed by atoms with van der Waals surface area (Å²) in [4.78, 5) is 19.7. The van der Waals surface area contributed by atoms with E-state index in [-0.39, 0.29) is 5.96 Å². The molecule has 1 amide bonds. The SMILES string of the molecule is NC(N)=NC(=O)c1ccc2c(c1)C(c1ccncc1)=CCC2. The van der Waals surface area contributed by atoms with Gasteiger partial charge in [0.15, 0.2) is 5.96 Å². The minimum Gasteiger partial charge on any atom is -0.370 e. The van der Waals surface area contributed by atoms with Crippen LogP contribution in [-0.2, 0) is 6.42 Å². The number of pyridine rings is 1. The maximum absolute atomic E-state index is 12.0. The first-order valence-electron chi connectivity index (χ1n) is 7.03. The van der Waals surface area contributed by atoms with Crippen LogP contribution in [0.25, 0.3) is 5.57 Å². The molecule has 1 aromatic carbocycles. The van der Waals surface area contributed by atoms with Crippen molar-refractivity contribution in [3.8, 4) is 0 Å². The van der Waals surface area contributed by atoms with Gasteiger partial charge in [0, 0.05) is 18.0 Å². The molecule has 110 valence electrons. The van der Waals surface area contributed by atoms with E-state index in [1.54, 1.807) is 18.5 Å². The number of nitrogens with zero attached hydrogens (tertiary/aromatic N) is 2. The molecule has 1 aliphatic rings. The number of allylic oxidation sites excluding steroid dienone is 1. The van der Waals surface area contributed by atoms with Crippen molar-refractivity contribution in [1.29, 1.82) is 0 Å². The maximum atomic E-state index is 12.0. The molecule has 22 heavy (non-hydrogen) atoms. The molecule has 1 aromatic heterocycles. The summed E-state index contributed by atoms with van der Waals surface area (Å²) in [5.74, 6) is -0.657. The lowest BCUT2D eigenvalue weighted by molar-refractivity contribution is 0.100. The quantitative estimate of drug-likeness (QED) is 0.652. The highest BCUT2D eigenvalue weighted by atomic mass is 16.1. The Morgan fingerprint density at radius 1 is 1.14 bits per heavy atom. The summed E-state index contributed by atoms with van der Waals surface area (Å²) < 4.78 is 0. The lowest BCUT2D eigenvalue weighted by atomic mass is 9.86. The number of amides is 1. The molecule has 5 nitrogen and oxygen atoms in total. The van der Waals surface area contributed by atoms with E-state index in [0.29, 0.717) is 5.56 Å². The summed E-state index contributed by atoms with van der Waals surface area (Å²) in [6, 6.07) is 9.52. The van der Waals surface area contributed by atoms with Gasteiger partial charge in [-0.1, -0.05) is 12.1 Å². The zero-order chi connectivity index (χ0) is 15.5. The average Bonchev–Trinajstić information content (AvgIpc) is 2.54. The second-order valence-electron chi connectivity index (χ2n) is 5.11. The van der Waals surface area contributed by atoms with E-state index in [1.165, 1.54) is 5.56 Å². The fourth-order valence-corrected chi connectivity index (χ4v) is 2.65. The molecule has 0 saturated carbocycles. The van der Waals surface area contributed by atoms with Gasteiger partial charge < -0.3 is 11.5 Å². The molecule has 0 spiro atoms. The van der Waals surface area contributed by atoms with Gasteiger partial charge in [-0.25, -0.2) is 0 Å². The standard InChI is InChI=1S/C17H16N4O/c18-17(19)21-16(22)13-5-4-11-2-1-3-14(15(11)10-13)12-6-8-20-9-7-12/h3-10H,1-2H2,(H4,18,19,21,22). The molecule has 0 atom stereocenters. The molecule has 0 saturated heterocycles. The van der Waals surface area contributed by atoms with Gasteiger partial charge in [0.1, 0.15) is 0 Å². The highest BCUT2D eigenvalue weighted by Crippen LogP contribution is 2.32. The minimum atomic E-state index is -0.428. The van der Waals surface area contributed by atoms with E-state index in [1.807, 2.05) is 24.3 Å². The highest BCUT2D eigenvalue weighted by Gasteiger charge is 2.16. The Morgan fingerprint density at radius 3 is 2.64 bits per heavy atom. The molecule has 1 aliphatic carbocycles. The molecular formula is C17H16N4O. The third-order valence-electron chi connectivity index (χ3n) is 3.63. The van der Waals surface area contributed by atoms with Crippen molar-refractivity contribution in [3.05, 3.63) is 71.1 Å². The first-order valence-corrected chi connectivity index (χ1v) is 7.03. The number of aryl methyl sites for hydroxylation is 1. The maximum Gasteiger partial charge on any atom is 0.280 e. The van der Waals surface area contributed by atoms with Crippen LogP contribution in [-0.4, -0.2) is 16.9 Å². The molecule has 0 bridgehead atoms. The summed E-state index contributed by atoms with van der Waals surface area (Å²) in [6.45, 7) is 0. The number of hydrogen-bond acceptors (Lipinski definition) is 2. The molecule has 0 fully saturated rings. The van der Waals surface area contributed by atoms with Crippen LogP contribution < -0.4 is 11.5 Å². The first-order chi connectivity index (χ1) is 10.6. The topological polar surface area (TPSA) is 94.4 Å². The fraction of sp³-hybridized carbons (Fsp3) is 0.118. The molecule has 4 N–H and O–H groups in total. The van der Waals surface area contributed by atoms with Gasteiger partial charge in [-0.3, -0.25) is 9.78 Å². The minimum absolute atomic E-state index is 0.229. The number of nitrogens with two attached hydrogens (primary N) is 2. The van der Waals surface area contributed by atoms with Crippen molar-refractivity contribution in [1.82, 2.24) is 4.98 Å². The lowest BCUT2D eigenvalue weighted by Crippen LogP contribution is -2.24. The first kappa shape index (κ1) is 14.0. The van der Waals surface area contributed by atoms with Gasteiger partial charge in [-0.05, 0) is 59.4 Å².